The first-order valence-corrected chi connectivity index (χ1v) is 6.98. The van der Waals surface area contributed by atoms with Crippen LogP contribution < -0.4 is 5.32 Å². The van der Waals surface area contributed by atoms with Gasteiger partial charge in [-0.25, -0.2) is 0 Å². The van der Waals surface area contributed by atoms with Gasteiger partial charge >= 0.3 is 0 Å². The van der Waals surface area contributed by atoms with Crippen molar-refractivity contribution >= 4 is 27.5 Å². The van der Waals surface area contributed by atoms with Crippen LogP contribution >= 0.6 is 15.9 Å². The van der Waals surface area contributed by atoms with Crippen molar-refractivity contribution in [2.45, 2.75) is 6.42 Å². The van der Waals surface area contributed by atoms with E-state index in [0.717, 1.165) is 5.69 Å². The number of halogens is 1. The van der Waals surface area contributed by atoms with Gasteiger partial charge in [-0.3, -0.25) is 19.6 Å². The smallest absolute Gasteiger partial charge is 0.284 e. The normalized spacial score (nSPS) is 10.4. The van der Waals surface area contributed by atoms with Crippen molar-refractivity contribution in [3.8, 4) is 0 Å². The highest BCUT2D eigenvalue weighted by Gasteiger charge is 2.19. The Balaban J connectivity index is 2.02. The lowest BCUT2D eigenvalue weighted by molar-refractivity contribution is -0.385. The first kappa shape index (κ1) is 15.2. The van der Waals surface area contributed by atoms with E-state index in [1.54, 1.807) is 10.9 Å². The lowest BCUT2D eigenvalue weighted by Gasteiger charge is -2.07. The predicted molar refractivity (Wildman–Crippen MR) is 80.0 cm³/mol. The first-order chi connectivity index (χ1) is 10.0. The van der Waals surface area contributed by atoms with Crippen LogP contribution in [0, 0.1) is 10.1 Å². The summed E-state index contributed by atoms with van der Waals surface area (Å²) in [5, 5.41) is 17.6. The van der Waals surface area contributed by atoms with Crippen molar-refractivity contribution in [2.75, 3.05) is 6.54 Å². The van der Waals surface area contributed by atoms with Crippen LogP contribution in [-0.2, 0) is 13.5 Å². The maximum Gasteiger partial charge on any atom is 0.284 e. The third kappa shape index (κ3) is 3.46. The Morgan fingerprint density at radius 1 is 1.48 bits per heavy atom. The van der Waals surface area contributed by atoms with Crippen molar-refractivity contribution in [1.29, 1.82) is 0 Å². The lowest BCUT2D eigenvalue weighted by atomic mass is 10.2. The topological polar surface area (TPSA) is 90.1 Å². The number of rotatable bonds is 5. The van der Waals surface area contributed by atoms with Crippen molar-refractivity contribution in [3.63, 3.8) is 0 Å². The SMILES string of the molecule is Cn1nccc1CCNC(=O)c1cccc([N+](=O)[O-])c1Br. The molecule has 1 amide bonds. The Morgan fingerprint density at radius 2 is 2.24 bits per heavy atom. The molecule has 0 unspecified atom stereocenters. The van der Waals surface area contributed by atoms with Gasteiger partial charge in [0.1, 0.15) is 4.47 Å². The second-order valence-electron chi connectivity index (χ2n) is 4.35. The van der Waals surface area contributed by atoms with Crippen LogP contribution in [-0.4, -0.2) is 27.2 Å². The molecule has 2 rings (SSSR count). The molecule has 21 heavy (non-hydrogen) atoms. The predicted octanol–water partition coefficient (Wildman–Crippen LogP) is 2.06. The van der Waals surface area contributed by atoms with Crippen LogP contribution in [0.4, 0.5) is 5.69 Å². The fraction of sp³-hybridized carbons (Fsp3) is 0.231. The summed E-state index contributed by atoms with van der Waals surface area (Å²) in [7, 11) is 1.83. The number of hydrogen-bond donors (Lipinski definition) is 1. The second-order valence-corrected chi connectivity index (χ2v) is 5.14. The zero-order chi connectivity index (χ0) is 15.4. The molecule has 0 aliphatic heterocycles. The van der Waals surface area contributed by atoms with Gasteiger partial charge in [-0.2, -0.15) is 5.10 Å². The maximum absolute atomic E-state index is 12.1. The van der Waals surface area contributed by atoms with E-state index in [0.29, 0.717) is 13.0 Å². The van der Waals surface area contributed by atoms with E-state index in [9.17, 15) is 14.9 Å². The van der Waals surface area contributed by atoms with E-state index in [-0.39, 0.29) is 21.6 Å². The lowest BCUT2D eigenvalue weighted by Crippen LogP contribution is -2.26. The number of aryl methyl sites for hydroxylation is 1. The van der Waals surface area contributed by atoms with E-state index >= 15 is 0 Å². The summed E-state index contributed by atoms with van der Waals surface area (Å²) in [4.78, 5) is 22.4. The monoisotopic (exact) mass is 352 g/mol. The number of nitrogens with one attached hydrogen (secondary N) is 1. The second kappa shape index (κ2) is 6.49. The Kier molecular flexibility index (Phi) is 4.69. The van der Waals surface area contributed by atoms with Crippen LogP contribution in [0.2, 0.25) is 0 Å². The molecule has 0 aliphatic rings. The van der Waals surface area contributed by atoms with E-state index < -0.39 is 4.92 Å². The number of carbonyl (C=O) groups excluding carboxylic acids is 1. The van der Waals surface area contributed by atoms with Gasteiger partial charge in [0.15, 0.2) is 0 Å². The van der Waals surface area contributed by atoms with Crippen molar-refractivity contribution in [1.82, 2.24) is 15.1 Å². The Bertz CT molecular complexity index is 684. The first-order valence-electron chi connectivity index (χ1n) is 6.18. The third-order valence-corrected chi connectivity index (χ3v) is 3.84. The zero-order valence-corrected chi connectivity index (χ0v) is 12.8. The Morgan fingerprint density at radius 3 is 2.86 bits per heavy atom. The van der Waals surface area contributed by atoms with Gasteiger partial charge in [-0.15, -0.1) is 0 Å². The van der Waals surface area contributed by atoms with Gasteiger partial charge < -0.3 is 5.32 Å². The molecule has 8 heteroatoms. The molecule has 0 bridgehead atoms. The molecular weight excluding hydrogens is 340 g/mol. The summed E-state index contributed by atoms with van der Waals surface area (Å²) >= 11 is 3.11. The summed E-state index contributed by atoms with van der Waals surface area (Å²) in [5.74, 6) is -0.354. The third-order valence-electron chi connectivity index (χ3n) is 3.01. The fourth-order valence-corrected chi connectivity index (χ4v) is 2.47. The summed E-state index contributed by atoms with van der Waals surface area (Å²) in [6.45, 7) is 0.424. The highest BCUT2D eigenvalue weighted by molar-refractivity contribution is 9.10. The van der Waals surface area contributed by atoms with Crippen LogP contribution in [0.15, 0.2) is 34.9 Å². The minimum absolute atomic E-state index is 0.130. The summed E-state index contributed by atoms with van der Waals surface area (Å²) in [6, 6.07) is 6.24. The Hall–Kier alpha value is -2.22. The number of hydrogen-bond acceptors (Lipinski definition) is 4. The van der Waals surface area contributed by atoms with Gasteiger partial charge in [0.2, 0.25) is 0 Å². The maximum atomic E-state index is 12.1. The van der Waals surface area contributed by atoms with Crippen LogP contribution in [0.1, 0.15) is 16.1 Å². The van der Waals surface area contributed by atoms with E-state index in [1.165, 1.54) is 18.2 Å². The standard InChI is InChI=1S/C13H13BrN4O3/c1-17-9(6-8-16-17)5-7-15-13(19)10-3-2-4-11(12(10)14)18(20)21/h2-4,6,8H,5,7H2,1H3,(H,15,19). The molecule has 1 aromatic heterocycles. The summed E-state index contributed by atoms with van der Waals surface area (Å²) in [5.41, 5.74) is 1.11. The van der Waals surface area contributed by atoms with Crippen LogP contribution in [0.3, 0.4) is 0 Å². The van der Waals surface area contributed by atoms with Crippen molar-refractivity contribution in [3.05, 3.63) is 56.3 Å². The molecule has 0 fully saturated rings. The number of nitro benzene ring substituents is 1. The zero-order valence-electron chi connectivity index (χ0n) is 11.2. The highest BCUT2D eigenvalue weighted by Crippen LogP contribution is 2.28. The molecular formula is C13H13BrN4O3. The van der Waals surface area contributed by atoms with E-state index in [4.69, 9.17) is 0 Å². The van der Waals surface area contributed by atoms with Gasteiger partial charge in [0.05, 0.1) is 10.5 Å². The molecule has 1 N–H and O–H groups in total. The molecule has 7 nitrogen and oxygen atoms in total. The largest absolute Gasteiger partial charge is 0.352 e. The van der Waals surface area contributed by atoms with Gasteiger partial charge in [0.25, 0.3) is 11.6 Å². The summed E-state index contributed by atoms with van der Waals surface area (Å²) < 4.78 is 1.92. The quantitative estimate of drug-likeness (QED) is 0.658. The molecule has 0 spiro atoms. The fourth-order valence-electron chi connectivity index (χ4n) is 1.88. The van der Waals surface area contributed by atoms with Crippen molar-refractivity contribution in [2.24, 2.45) is 7.05 Å². The molecule has 2 aromatic rings. The Labute approximate surface area is 129 Å². The average Bonchev–Trinajstić information content (AvgIpc) is 2.84. The van der Waals surface area contributed by atoms with Crippen molar-refractivity contribution < 1.29 is 9.72 Å². The van der Waals surface area contributed by atoms with Gasteiger partial charge in [-0.1, -0.05) is 6.07 Å². The average molecular weight is 353 g/mol. The number of aromatic nitrogens is 2. The molecule has 110 valence electrons. The molecule has 1 heterocycles. The van der Waals surface area contributed by atoms with Crippen LogP contribution in [0.25, 0.3) is 0 Å². The van der Waals surface area contributed by atoms with E-state index in [1.807, 2.05) is 13.1 Å². The molecule has 1 aromatic carbocycles. The van der Waals surface area contributed by atoms with E-state index in [2.05, 4.69) is 26.3 Å². The number of benzene rings is 1. The summed E-state index contributed by atoms with van der Waals surface area (Å²) in [6.07, 6.45) is 2.32. The number of nitro groups is 1. The molecule has 0 atom stereocenters. The number of amides is 1. The molecule has 0 saturated heterocycles. The molecule has 0 saturated carbocycles. The van der Waals surface area contributed by atoms with Crippen LogP contribution in [0.5, 0.6) is 0 Å². The minimum Gasteiger partial charge on any atom is -0.352 e. The highest BCUT2D eigenvalue weighted by atomic mass is 79.9. The number of nitrogens with zero attached hydrogens (tertiary/aromatic N) is 3. The van der Waals surface area contributed by atoms with Gasteiger partial charge in [0, 0.05) is 38.0 Å². The molecule has 0 aliphatic carbocycles. The van der Waals surface area contributed by atoms with Gasteiger partial charge in [-0.05, 0) is 28.1 Å². The number of carbonyl (C=O) groups is 1. The molecule has 0 radical (unpaired) electrons. The minimum atomic E-state index is -0.531.